The summed E-state index contributed by atoms with van der Waals surface area (Å²) in [6.45, 7) is 3.07. The maximum absolute atomic E-state index is 12.9. The van der Waals surface area contributed by atoms with Crippen LogP contribution in [0.4, 0.5) is 0 Å². The minimum absolute atomic E-state index is 0.124. The van der Waals surface area contributed by atoms with Crippen LogP contribution >= 0.6 is 0 Å². The highest BCUT2D eigenvalue weighted by Crippen LogP contribution is 2.36. The second-order valence-electron chi connectivity index (χ2n) is 8.27. The highest BCUT2D eigenvalue weighted by atomic mass is 16.3. The Morgan fingerprint density at radius 1 is 1.37 bits per heavy atom. The Morgan fingerprint density at radius 3 is 2.89 bits per heavy atom. The maximum Gasteiger partial charge on any atom is 0.316 e. The van der Waals surface area contributed by atoms with Crippen LogP contribution in [0.3, 0.4) is 0 Å². The normalized spacial score (nSPS) is 24.5. The van der Waals surface area contributed by atoms with Crippen molar-refractivity contribution in [2.45, 2.75) is 44.8 Å². The Bertz CT molecular complexity index is 813. The van der Waals surface area contributed by atoms with Gasteiger partial charge in [0.05, 0.1) is 19.3 Å². The molecule has 1 aliphatic heterocycles. The average molecular weight is 374 g/mol. The van der Waals surface area contributed by atoms with Crippen molar-refractivity contribution in [1.29, 1.82) is 0 Å². The zero-order valence-corrected chi connectivity index (χ0v) is 15.7. The highest BCUT2D eigenvalue weighted by Gasteiger charge is 2.35. The van der Waals surface area contributed by atoms with E-state index < -0.39 is 0 Å². The number of aromatic amines is 1. The quantitative estimate of drug-likeness (QED) is 0.428. The lowest BCUT2D eigenvalue weighted by atomic mass is 9.87. The van der Waals surface area contributed by atoms with Crippen molar-refractivity contribution < 1.29 is 24.3 Å². The summed E-state index contributed by atoms with van der Waals surface area (Å²) < 4.78 is 2.03. The van der Waals surface area contributed by atoms with Crippen LogP contribution in [0.2, 0.25) is 0 Å². The van der Waals surface area contributed by atoms with Gasteiger partial charge < -0.3 is 20.4 Å². The molecule has 0 bridgehead atoms. The molecule has 2 aliphatic rings. The van der Waals surface area contributed by atoms with E-state index in [-0.39, 0.29) is 24.0 Å². The summed E-state index contributed by atoms with van der Waals surface area (Å²) in [6.07, 6.45) is 6.74. The number of quaternary nitrogens is 1. The van der Waals surface area contributed by atoms with Crippen molar-refractivity contribution in [1.82, 2.24) is 10.3 Å². The molecule has 7 nitrogen and oxygen atoms in total. The van der Waals surface area contributed by atoms with Crippen LogP contribution in [-0.2, 0) is 6.54 Å². The van der Waals surface area contributed by atoms with Crippen LogP contribution in [0, 0.1) is 5.41 Å². The third-order valence-corrected chi connectivity index (χ3v) is 6.30. The van der Waals surface area contributed by atoms with E-state index in [0.717, 1.165) is 63.1 Å². The van der Waals surface area contributed by atoms with Gasteiger partial charge in [-0.05, 0) is 25.0 Å². The highest BCUT2D eigenvalue weighted by molar-refractivity contribution is 5.97. The van der Waals surface area contributed by atoms with Crippen LogP contribution < -0.4 is 14.6 Å². The number of aliphatic hydroxyl groups is 2. The van der Waals surface area contributed by atoms with Crippen LogP contribution in [0.25, 0.3) is 5.52 Å². The lowest BCUT2D eigenvalue weighted by Gasteiger charge is -2.26. The number of H-pyrrole nitrogens is 1. The van der Waals surface area contributed by atoms with Gasteiger partial charge in [-0.25, -0.2) is 4.98 Å². The van der Waals surface area contributed by atoms with Gasteiger partial charge in [0, 0.05) is 18.4 Å². The summed E-state index contributed by atoms with van der Waals surface area (Å²) in [5.41, 5.74) is 1.26. The van der Waals surface area contributed by atoms with Gasteiger partial charge >= 0.3 is 5.82 Å². The number of aliphatic hydroxyl groups excluding tert-OH is 2. The largest absolute Gasteiger partial charge is 0.396 e. The average Bonchev–Trinajstić information content (AvgIpc) is 3.40. The molecule has 3 heterocycles. The van der Waals surface area contributed by atoms with Crippen LogP contribution in [0.15, 0.2) is 24.4 Å². The standard InChI is InChI=1S/C20H28N4O3/c25-14-20(7-2-3-8-20)13-21-19(27)18-16-5-1-4-9-24(16)17(22-18)12-23-10-6-15(26)11-23/h1,4-5,9,15,25-26H,2-3,6-8,10-14H2,(H,21,27)/p+2. The number of hydrogen-bond acceptors (Lipinski definition) is 3. The number of pyridine rings is 1. The molecule has 0 radical (unpaired) electrons. The molecule has 2 unspecified atom stereocenters. The topological polar surface area (TPSA) is 93.9 Å². The summed E-state index contributed by atoms with van der Waals surface area (Å²) in [5, 5.41) is 22.6. The number of hydrogen-bond donors (Lipinski definition) is 5. The lowest BCUT2D eigenvalue weighted by molar-refractivity contribution is -0.908. The third-order valence-electron chi connectivity index (χ3n) is 6.30. The van der Waals surface area contributed by atoms with E-state index in [2.05, 4.69) is 10.3 Å². The molecule has 146 valence electrons. The number of likely N-dealkylation sites (tertiary alicyclic amines) is 1. The second kappa shape index (κ2) is 7.58. The van der Waals surface area contributed by atoms with Crippen molar-refractivity contribution in [2.75, 3.05) is 26.2 Å². The van der Waals surface area contributed by atoms with Crippen molar-refractivity contribution in [3.63, 3.8) is 0 Å². The SMILES string of the molecule is O=C(NCC1(CO)CCCC1)c1[nH]c(C[NH+]2CCC(O)C2)[n+]2ccccc12. The molecule has 27 heavy (non-hydrogen) atoms. The Hall–Kier alpha value is -1.96. The van der Waals surface area contributed by atoms with Gasteiger partial charge in [0.25, 0.3) is 5.91 Å². The molecule has 1 saturated carbocycles. The number of nitrogens with zero attached hydrogens (tertiary/aromatic N) is 1. The summed E-state index contributed by atoms with van der Waals surface area (Å²) >= 11 is 0. The Morgan fingerprint density at radius 2 is 2.19 bits per heavy atom. The number of rotatable bonds is 6. The van der Waals surface area contributed by atoms with Gasteiger partial charge in [0.2, 0.25) is 5.69 Å². The van der Waals surface area contributed by atoms with Gasteiger partial charge in [-0.3, -0.25) is 4.79 Å². The molecular weight excluding hydrogens is 344 g/mol. The molecule has 2 fully saturated rings. The fraction of sp³-hybridized carbons (Fsp3) is 0.600. The minimum atomic E-state index is -0.227. The molecule has 1 aliphatic carbocycles. The molecule has 7 heteroatoms. The predicted octanol–water partition coefficient (Wildman–Crippen LogP) is -0.815. The first kappa shape index (κ1) is 18.4. The zero-order valence-electron chi connectivity index (χ0n) is 15.7. The molecule has 2 aromatic rings. The number of fused-ring (bicyclic) bond motifs is 1. The first-order valence-corrected chi connectivity index (χ1v) is 10.0. The molecular formula is C20H30N4O3+2. The first-order chi connectivity index (χ1) is 13.1. The smallest absolute Gasteiger partial charge is 0.316 e. The van der Waals surface area contributed by atoms with E-state index in [9.17, 15) is 15.0 Å². The number of imidazole rings is 1. The molecule has 0 aromatic carbocycles. The molecule has 2 atom stereocenters. The lowest BCUT2D eigenvalue weighted by Crippen LogP contribution is -3.09. The molecule has 1 saturated heterocycles. The van der Waals surface area contributed by atoms with Crippen molar-refractivity contribution in [2.24, 2.45) is 5.41 Å². The summed E-state index contributed by atoms with van der Waals surface area (Å²) in [5.74, 6) is 0.846. The van der Waals surface area contributed by atoms with Gasteiger partial charge in [-0.2, -0.15) is 4.40 Å². The first-order valence-electron chi connectivity index (χ1n) is 10.0. The van der Waals surface area contributed by atoms with E-state index in [1.807, 2.05) is 28.8 Å². The van der Waals surface area contributed by atoms with E-state index >= 15 is 0 Å². The van der Waals surface area contributed by atoms with Crippen molar-refractivity contribution >= 4 is 11.4 Å². The fourth-order valence-electron chi connectivity index (χ4n) is 4.63. The van der Waals surface area contributed by atoms with Crippen LogP contribution in [0.1, 0.15) is 48.4 Å². The number of amides is 1. The number of carbonyl (C=O) groups is 1. The maximum atomic E-state index is 12.9. The number of nitrogens with one attached hydrogen (secondary N) is 3. The van der Waals surface area contributed by atoms with Crippen molar-refractivity contribution in [3.05, 3.63) is 35.9 Å². The predicted molar refractivity (Wildman–Crippen MR) is 99.3 cm³/mol. The molecule has 0 spiro atoms. The molecule has 2 aromatic heterocycles. The molecule has 1 amide bonds. The summed E-state index contributed by atoms with van der Waals surface area (Å²) in [7, 11) is 0. The Balaban J connectivity index is 1.53. The Kier molecular flexibility index (Phi) is 5.16. The van der Waals surface area contributed by atoms with E-state index in [4.69, 9.17) is 0 Å². The van der Waals surface area contributed by atoms with Crippen LogP contribution in [-0.4, -0.2) is 53.4 Å². The zero-order chi connectivity index (χ0) is 18.9. The summed E-state index contributed by atoms with van der Waals surface area (Å²) in [6, 6.07) is 5.84. The van der Waals surface area contributed by atoms with E-state index in [1.54, 1.807) is 0 Å². The Labute approximate surface area is 159 Å². The van der Waals surface area contributed by atoms with Gasteiger partial charge in [-0.15, -0.1) is 0 Å². The van der Waals surface area contributed by atoms with Gasteiger partial charge in [0.1, 0.15) is 12.6 Å². The number of aromatic nitrogens is 2. The second-order valence-corrected chi connectivity index (χ2v) is 8.27. The summed E-state index contributed by atoms with van der Waals surface area (Å²) in [4.78, 5) is 17.5. The van der Waals surface area contributed by atoms with Gasteiger partial charge in [0.15, 0.2) is 12.1 Å². The van der Waals surface area contributed by atoms with Crippen LogP contribution in [0.5, 0.6) is 0 Å². The third kappa shape index (κ3) is 3.72. The number of carbonyl (C=O) groups excluding carboxylic acids is 1. The van der Waals surface area contributed by atoms with E-state index in [0.29, 0.717) is 12.2 Å². The molecule has 5 N–H and O–H groups in total. The fourth-order valence-corrected chi connectivity index (χ4v) is 4.63. The monoisotopic (exact) mass is 374 g/mol. The van der Waals surface area contributed by atoms with Crippen molar-refractivity contribution in [3.8, 4) is 0 Å². The minimum Gasteiger partial charge on any atom is -0.396 e. The molecule has 4 rings (SSSR count). The van der Waals surface area contributed by atoms with E-state index in [1.165, 1.54) is 4.90 Å². The van der Waals surface area contributed by atoms with Gasteiger partial charge in [-0.1, -0.05) is 18.9 Å².